The van der Waals surface area contributed by atoms with Crippen LogP contribution in [0.5, 0.6) is 0 Å². The van der Waals surface area contributed by atoms with Gasteiger partial charge in [0.1, 0.15) is 0 Å². The fraction of sp³-hybridized carbons (Fsp3) is 0.357. The largest absolute Gasteiger partial charge is 0.304 e. The monoisotopic (exact) mass is 417 g/mol. The van der Waals surface area contributed by atoms with Crippen LogP contribution in [0.2, 0.25) is 5.02 Å². The van der Waals surface area contributed by atoms with Crippen molar-refractivity contribution >= 4 is 11.6 Å². The Morgan fingerprint density at radius 2 is 1.50 bits per heavy atom. The first-order valence-electron chi connectivity index (χ1n) is 11.3. The molecule has 3 aromatic rings. The summed E-state index contributed by atoms with van der Waals surface area (Å²) in [5.74, 6) is 0.881. The van der Waals surface area contributed by atoms with E-state index in [2.05, 4.69) is 79.4 Å². The Balaban J connectivity index is 1.63. The molecule has 0 spiro atoms. The molecule has 0 saturated heterocycles. The summed E-state index contributed by atoms with van der Waals surface area (Å²) in [5, 5.41) is 0.809. The third-order valence-electron chi connectivity index (χ3n) is 6.77. The van der Waals surface area contributed by atoms with Crippen LogP contribution in [0.25, 0.3) is 0 Å². The van der Waals surface area contributed by atoms with Crippen LogP contribution in [-0.2, 0) is 12.8 Å². The number of hydrogen-bond acceptors (Lipinski definition) is 1. The van der Waals surface area contributed by atoms with Crippen LogP contribution in [-0.4, -0.2) is 24.5 Å². The Hall–Kier alpha value is -2.09. The Morgan fingerprint density at radius 1 is 0.833 bits per heavy atom. The van der Waals surface area contributed by atoms with Gasteiger partial charge in [-0.15, -0.1) is 0 Å². The summed E-state index contributed by atoms with van der Waals surface area (Å²) >= 11 is 6.17. The molecule has 1 aliphatic carbocycles. The number of likely N-dealkylation sites (N-methyl/N-ethyl adjacent to an activating group) is 1. The van der Waals surface area contributed by atoms with Crippen LogP contribution in [0.15, 0.2) is 72.8 Å². The second-order valence-electron chi connectivity index (χ2n) is 8.39. The van der Waals surface area contributed by atoms with Crippen molar-refractivity contribution in [2.24, 2.45) is 0 Å². The maximum Gasteiger partial charge on any atom is 0.0406 e. The summed E-state index contributed by atoms with van der Waals surface area (Å²) in [7, 11) is 0. The lowest BCUT2D eigenvalue weighted by molar-refractivity contribution is 0.308. The lowest BCUT2D eigenvalue weighted by Gasteiger charge is -2.35. The molecular weight excluding hydrogens is 386 g/mol. The number of hydrogen-bond donors (Lipinski definition) is 0. The SMILES string of the molecule is CCN(CC)CCc1ccc([C@@H]2c3ccccc3CC[C@@H]2c2ccc(Cl)cc2)cc1. The number of aryl methyl sites for hydroxylation is 1. The Labute approximate surface area is 186 Å². The minimum atomic E-state index is 0.396. The van der Waals surface area contributed by atoms with Gasteiger partial charge in [-0.1, -0.05) is 86.1 Å². The van der Waals surface area contributed by atoms with E-state index in [9.17, 15) is 0 Å². The third-order valence-corrected chi connectivity index (χ3v) is 7.02. The highest BCUT2D eigenvalue weighted by molar-refractivity contribution is 6.30. The molecule has 2 heteroatoms. The van der Waals surface area contributed by atoms with Gasteiger partial charge in [0, 0.05) is 17.5 Å². The molecule has 1 aliphatic rings. The zero-order chi connectivity index (χ0) is 20.9. The standard InChI is InChI=1S/C28H32ClN/c1-3-30(4-2)20-19-21-9-11-24(12-10-21)28-26-8-6-5-7-22(26)15-18-27(28)23-13-16-25(29)17-14-23/h5-14,16-17,27-28H,3-4,15,18-20H2,1-2H3/t27-,28-/m1/s1. The van der Waals surface area contributed by atoms with Gasteiger partial charge in [-0.05, 0) is 78.2 Å². The quantitative estimate of drug-likeness (QED) is 0.396. The summed E-state index contributed by atoms with van der Waals surface area (Å²) in [6.07, 6.45) is 3.43. The molecule has 0 fully saturated rings. The molecule has 0 heterocycles. The molecule has 3 aromatic carbocycles. The van der Waals surface area contributed by atoms with E-state index in [0.29, 0.717) is 11.8 Å². The predicted octanol–water partition coefficient (Wildman–Crippen LogP) is 7.09. The summed E-state index contributed by atoms with van der Waals surface area (Å²) in [6.45, 7) is 7.85. The molecule has 0 amide bonds. The van der Waals surface area contributed by atoms with Crippen molar-refractivity contribution < 1.29 is 0 Å². The van der Waals surface area contributed by atoms with E-state index in [0.717, 1.165) is 37.5 Å². The fourth-order valence-corrected chi connectivity index (χ4v) is 5.09. The minimum absolute atomic E-state index is 0.396. The first kappa shape index (κ1) is 21.2. The number of halogens is 1. The van der Waals surface area contributed by atoms with Crippen LogP contribution >= 0.6 is 11.6 Å². The lowest BCUT2D eigenvalue weighted by atomic mass is 9.69. The maximum absolute atomic E-state index is 6.17. The number of rotatable bonds is 7. The van der Waals surface area contributed by atoms with Crippen molar-refractivity contribution in [1.29, 1.82) is 0 Å². The second kappa shape index (κ2) is 9.81. The van der Waals surface area contributed by atoms with Gasteiger partial charge in [-0.2, -0.15) is 0 Å². The van der Waals surface area contributed by atoms with Crippen LogP contribution in [0.4, 0.5) is 0 Å². The smallest absolute Gasteiger partial charge is 0.0406 e. The summed E-state index contributed by atoms with van der Waals surface area (Å²) in [4.78, 5) is 2.49. The molecule has 30 heavy (non-hydrogen) atoms. The molecule has 0 radical (unpaired) electrons. The van der Waals surface area contributed by atoms with Crippen LogP contribution in [0.1, 0.15) is 59.9 Å². The van der Waals surface area contributed by atoms with Crippen molar-refractivity contribution in [2.45, 2.75) is 44.9 Å². The average molecular weight is 418 g/mol. The van der Waals surface area contributed by atoms with Crippen molar-refractivity contribution in [1.82, 2.24) is 4.90 Å². The average Bonchev–Trinajstić information content (AvgIpc) is 2.80. The molecule has 0 saturated carbocycles. The normalized spacial score (nSPS) is 18.4. The highest BCUT2D eigenvalue weighted by Crippen LogP contribution is 2.46. The predicted molar refractivity (Wildman–Crippen MR) is 129 cm³/mol. The molecular formula is C28H32ClN. The van der Waals surface area contributed by atoms with Gasteiger partial charge in [-0.3, -0.25) is 0 Å². The first-order chi connectivity index (χ1) is 14.7. The summed E-state index contributed by atoms with van der Waals surface area (Å²) < 4.78 is 0. The fourth-order valence-electron chi connectivity index (χ4n) is 4.96. The topological polar surface area (TPSA) is 3.24 Å². The Morgan fingerprint density at radius 3 is 2.20 bits per heavy atom. The molecule has 0 aliphatic heterocycles. The van der Waals surface area contributed by atoms with Crippen LogP contribution in [0, 0.1) is 0 Å². The number of fused-ring (bicyclic) bond motifs is 1. The van der Waals surface area contributed by atoms with Gasteiger partial charge in [-0.25, -0.2) is 0 Å². The molecule has 0 N–H and O–H groups in total. The van der Waals surface area contributed by atoms with Gasteiger partial charge in [0.25, 0.3) is 0 Å². The van der Waals surface area contributed by atoms with E-state index in [-0.39, 0.29) is 0 Å². The van der Waals surface area contributed by atoms with Gasteiger partial charge in [0.15, 0.2) is 0 Å². The van der Waals surface area contributed by atoms with Gasteiger partial charge in [0.2, 0.25) is 0 Å². The first-order valence-corrected chi connectivity index (χ1v) is 11.7. The third kappa shape index (κ3) is 4.63. The van der Waals surface area contributed by atoms with Crippen LogP contribution < -0.4 is 0 Å². The molecule has 0 unspecified atom stereocenters. The zero-order valence-electron chi connectivity index (χ0n) is 18.2. The van der Waals surface area contributed by atoms with E-state index in [1.165, 1.54) is 34.2 Å². The highest BCUT2D eigenvalue weighted by Gasteiger charge is 2.31. The lowest BCUT2D eigenvalue weighted by Crippen LogP contribution is -2.25. The molecule has 0 aromatic heterocycles. The Bertz CT molecular complexity index is 941. The van der Waals surface area contributed by atoms with E-state index < -0.39 is 0 Å². The maximum atomic E-state index is 6.17. The van der Waals surface area contributed by atoms with E-state index in [1.54, 1.807) is 0 Å². The summed E-state index contributed by atoms with van der Waals surface area (Å²) in [6, 6.07) is 26.9. The van der Waals surface area contributed by atoms with Gasteiger partial charge >= 0.3 is 0 Å². The van der Waals surface area contributed by atoms with Crippen molar-refractivity contribution in [3.05, 3.63) is 106 Å². The molecule has 0 bridgehead atoms. The molecule has 2 atom stereocenters. The Kier molecular flexibility index (Phi) is 6.92. The molecule has 1 nitrogen and oxygen atoms in total. The van der Waals surface area contributed by atoms with Crippen molar-refractivity contribution in [3.63, 3.8) is 0 Å². The van der Waals surface area contributed by atoms with E-state index in [4.69, 9.17) is 11.6 Å². The highest BCUT2D eigenvalue weighted by atomic mass is 35.5. The number of nitrogens with zero attached hydrogens (tertiary/aromatic N) is 1. The summed E-state index contributed by atoms with van der Waals surface area (Å²) in [5.41, 5.74) is 7.23. The van der Waals surface area contributed by atoms with Gasteiger partial charge in [0.05, 0.1) is 0 Å². The van der Waals surface area contributed by atoms with E-state index in [1.807, 2.05) is 12.1 Å². The van der Waals surface area contributed by atoms with Gasteiger partial charge < -0.3 is 4.90 Å². The van der Waals surface area contributed by atoms with E-state index >= 15 is 0 Å². The van der Waals surface area contributed by atoms with Crippen molar-refractivity contribution in [2.75, 3.05) is 19.6 Å². The van der Waals surface area contributed by atoms with Crippen molar-refractivity contribution in [3.8, 4) is 0 Å². The zero-order valence-corrected chi connectivity index (χ0v) is 18.9. The number of benzene rings is 3. The molecule has 156 valence electrons. The minimum Gasteiger partial charge on any atom is -0.304 e. The van der Waals surface area contributed by atoms with Crippen LogP contribution in [0.3, 0.4) is 0 Å². The molecule has 4 rings (SSSR count). The second-order valence-corrected chi connectivity index (χ2v) is 8.83.